The van der Waals surface area contributed by atoms with E-state index in [0.717, 1.165) is 41.7 Å². The van der Waals surface area contributed by atoms with E-state index in [1.54, 1.807) is 12.1 Å². The second-order valence-electron chi connectivity index (χ2n) is 7.57. The van der Waals surface area contributed by atoms with Crippen molar-refractivity contribution in [2.24, 2.45) is 0 Å². The highest BCUT2D eigenvalue weighted by molar-refractivity contribution is 14.2. The van der Waals surface area contributed by atoms with Gasteiger partial charge in [0.15, 0.2) is 0 Å². The SMILES string of the molecule is COC(=O)c1ccc(C(=O)NCCCCCN(I)I)cc1P(c1ccccc1)c1ccccc1. The molecule has 0 bridgehead atoms. The Morgan fingerprint density at radius 2 is 1.50 bits per heavy atom. The smallest absolute Gasteiger partial charge is 0.338 e. The van der Waals surface area contributed by atoms with Crippen LogP contribution in [0.25, 0.3) is 0 Å². The molecule has 0 aromatic heterocycles. The number of unbranched alkanes of at least 4 members (excludes halogenated alkanes) is 2. The van der Waals surface area contributed by atoms with E-state index in [0.29, 0.717) is 17.7 Å². The largest absolute Gasteiger partial charge is 0.465 e. The predicted octanol–water partition coefficient (Wildman–Crippen LogP) is 5.13. The number of halogens is 2. The van der Waals surface area contributed by atoms with E-state index in [1.165, 1.54) is 7.11 Å². The van der Waals surface area contributed by atoms with E-state index in [4.69, 9.17) is 4.74 Å². The number of benzene rings is 3. The van der Waals surface area contributed by atoms with Gasteiger partial charge in [0.25, 0.3) is 5.91 Å². The van der Waals surface area contributed by atoms with Crippen LogP contribution in [0.5, 0.6) is 0 Å². The van der Waals surface area contributed by atoms with Crippen molar-refractivity contribution in [2.75, 3.05) is 20.2 Å². The molecule has 3 aromatic rings. The average Bonchev–Trinajstić information content (AvgIpc) is 2.86. The van der Waals surface area contributed by atoms with E-state index in [9.17, 15) is 9.59 Å². The first kappa shape index (κ1) is 27.0. The molecule has 1 N–H and O–H groups in total. The van der Waals surface area contributed by atoms with E-state index in [2.05, 4.69) is 76.6 Å². The molecule has 34 heavy (non-hydrogen) atoms. The van der Waals surface area contributed by atoms with Crippen LogP contribution in [0.3, 0.4) is 0 Å². The first-order valence-electron chi connectivity index (χ1n) is 11.0. The Bertz CT molecular complexity index is 1040. The van der Waals surface area contributed by atoms with Crippen LogP contribution in [-0.4, -0.2) is 33.4 Å². The number of rotatable bonds is 11. The summed E-state index contributed by atoms with van der Waals surface area (Å²) in [6, 6.07) is 25.5. The second kappa shape index (κ2) is 14.1. The Morgan fingerprint density at radius 1 is 0.882 bits per heavy atom. The third-order valence-electron chi connectivity index (χ3n) is 5.22. The van der Waals surface area contributed by atoms with Gasteiger partial charge in [-0.2, -0.15) is 1.33 Å². The Balaban J connectivity index is 1.90. The van der Waals surface area contributed by atoms with Gasteiger partial charge in [0.2, 0.25) is 0 Å². The molecule has 0 aliphatic carbocycles. The van der Waals surface area contributed by atoms with Crippen molar-refractivity contribution >= 4 is 81.4 Å². The van der Waals surface area contributed by atoms with Crippen LogP contribution in [0, 0.1) is 0 Å². The number of amides is 1. The molecule has 0 saturated heterocycles. The number of ether oxygens (including phenoxy) is 1. The quantitative estimate of drug-likeness (QED) is 0.0992. The highest BCUT2D eigenvalue weighted by Gasteiger charge is 2.24. The maximum Gasteiger partial charge on any atom is 0.338 e. The van der Waals surface area contributed by atoms with Gasteiger partial charge in [-0.15, -0.1) is 0 Å². The molecule has 0 saturated carbocycles. The molecule has 0 radical (unpaired) electrons. The molecular weight excluding hydrogens is 673 g/mol. The summed E-state index contributed by atoms with van der Waals surface area (Å²) in [4.78, 5) is 25.6. The zero-order chi connectivity index (χ0) is 24.3. The number of nitrogens with one attached hydrogen (secondary N) is 1. The zero-order valence-electron chi connectivity index (χ0n) is 18.9. The Kier molecular flexibility index (Phi) is 11.2. The molecule has 1 amide bonds. The van der Waals surface area contributed by atoms with Gasteiger partial charge in [-0.3, -0.25) is 4.79 Å². The normalized spacial score (nSPS) is 11.0. The van der Waals surface area contributed by atoms with Gasteiger partial charge in [-0.1, -0.05) is 67.1 Å². The molecular formula is C26H27I2N2O3P. The first-order chi connectivity index (χ1) is 16.5. The summed E-state index contributed by atoms with van der Waals surface area (Å²) in [5.74, 6) is -0.529. The molecule has 0 heterocycles. The van der Waals surface area contributed by atoms with Gasteiger partial charge in [0.1, 0.15) is 0 Å². The highest BCUT2D eigenvalue weighted by atomic mass is 127. The maximum absolute atomic E-state index is 13.0. The molecule has 0 aliphatic heterocycles. The topological polar surface area (TPSA) is 58.6 Å². The van der Waals surface area contributed by atoms with Crippen molar-refractivity contribution in [3.05, 3.63) is 90.0 Å². The van der Waals surface area contributed by atoms with Crippen LogP contribution >= 0.6 is 53.7 Å². The van der Waals surface area contributed by atoms with Gasteiger partial charge in [-0.25, -0.2) is 4.79 Å². The fraction of sp³-hybridized carbons (Fsp3) is 0.231. The van der Waals surface area contributed by atoms with Crippen molar-refractivity contribution in [3.63, 3.8) is 0 Å². The minimum atomic E-state index is -1.06. The standard InChI is InChI=1S/C26H27I2N2O3P/c1-33-26(32)23-16-15-20(25(31)29-17-9-4-10-18-30(27)28)19-24(23)34(21-11-5-2-6-12-21)22-13-7-3-8-14-22/h2-3,5-8,11-16,19H,4,9-10,17-18H2,1H3,(H,29,31). The fourth-order valence-corrected chi connectivity index (χ4v) is 6.71. The lowest BCUT2D eigenvalue weighted by Crippen LogP contribution is -2.29. The van der Waals surface area contributed by atoms with Crippen LogP contribution in [0.4, 0.5) is 0 Å². The summed E-state index contributed by atoms with van der Waals surface area (Å²) >= 11 is 4.53. The summed E-state index contributed by atoms with van der Waals surface area (Å²) in [6.45, 7) is 1.65. The second-order valence-corrected chi connectivity index (χ2v) is 13.9. The maximum atomic E-state index is 13.0. The predicted molar refractivity (Wildman–Crippen MR) is 157 cm³/mol. The van der Waals surface area contributed by atoms with E-state index in [1.807, 2.05) is 42.5 Å². The molecule has 0 unspecified atom stereocenters. The van der Waals surface area contributed by atoms with Crippen LogP contribution < -0.4 is 21.2 Å². The van der Waals surface area contributed by atoms with Gasteiger partial charge in [0, 0.05) is 69.7 Å². The van der Waals surface area contributed by atoms with Crippen molar-refractivity contribution in [1.29, 1.82) is 0 Å². The summed E-state index contributed by atoms with van der Waals surface area (Å²) < 4.78 is 7.19. The Labute approximate surface area is 230 Å². The number of carbonyl (C=O) groups is 2. The molecule has 5 nitrogen and oxygen atoms in total. The van der Waals surface area contributed by atoms with Gasteiger partial charge in [-0.05, 0) is 49.6 Å². The molecule has 0 fully saturated rings. The number of carbonyl (C=O) groups excluding carboxylic acids is 2. The van der Waals surface area contributed by atoms with E-state index in [-0.39, 0.29) is 5.91 Å². The third-order valence-corrected chi connectivity index (χ3v) is 8.67. The lowest BCUT2D eigenvalue weighted by atomic mass is 10.1. The Morgan fingerprint density at radius 3 is 2.06 bits per heavy atom. The number of nitrogens with zero attached hydrogens (tertiary/aromatic N) is 1. The summed E-state index contributed by atoms with van der Waals surface area (Å²) in [5, 5.41) is 6.05. The summed E-state index contributed by atoms with van der Waals surface area (Å²) in [7, 11) is 0.324. The molecule has 0 aliphatic rings. The van der Waals surface area contributed by atoms with Crippen LogP contribution in [0.1, 0.15) is 40.0 Å². The molecule has 178 valence electrons. The molecule has 8 heteroatoms. The van der Waals surface area contributed by atoms with Crippen molar-refractivity contribution in [3.8, 4) is 0 Å². The molecule has 0 atom stereocenters. The molecule has 3 aromatic carbocycles. The monoisotopic (exact) mass is 700 g/mol. The summed E-state index contributed by atoms with van der Waals surface area (Å²) in [5.41, 5.74) is 1.03. The number of hydrogen-bond acceptors (Lipinski definition) is 4. The molecule has 3 rings (SSSR count). The fourth-order valence-electron chi connectivity index (χ4n) is 3.56. The van der Waals surface area contributed by atoms with E-state index >= 15 is 0 Å². The number of esters is 1. The third kappa shape index (κ3) is 7.73. The molecule has 0 spiro atoms. The lowest BCUT2D eigenvalue weighted by Gasteiger charge is -2.22. The van der Waals surface area contributed by atoms with Gasteiger partial charge in [0.05, 0.1) is 12.7 Å². The van der Waals surface area contributed by atoms with Crippen LogP contribution in [0.15, 0.2) is 78.9 Å². The number of hydrogen-bond donors (Lipinski definition) is 1. The minimum absolute atomic E-state index is 0.127. The van der Waals surface area contributed by atoms with Crippen LogP contribution in [0.2, 0.25) is 0 Å². The van der Waals surface area contributed by atoms with Gasteiger partial charge >= 0.3 is 5.97 Å². The number of methoxy groups -OCH3 is 1. The highest BCUT2D eigenvalue weighted by Crippen LogP contribution is 2.34. The Hall–Kier alpha value is -1.55. The van der Waals surface area contributed by atoms with Crippen molar-refractivity contribution in [1.82, 2.24) is 6.64 Å². The average molecular weight is 700 g/mol. The minimum Gasteiger partial charge on any atom is -0.465 e. The van der Waals surface area contributed by atoms with Crippen molar-refractivity contribution in [2.45, 2.75) is 19.3 Å². The van der Waals surface area contributed by atoms with Crippen LogP contribution in [-0.2, 0) is 4.74 Å². The van der Waals surface area contributed by atoms with Crippen molar-refractivity contribution < 1.29 is 14.3 Å². The van der Waals surface area contributed by atoms with Gasteiger partial charge < -0.3 is 10.1 Å². The summed E-state index contributed by atoms with van der Waals surface area (Å²) in [6.07, 6.45) is 3.08. The first-order valence-corrected chi connectivity index (χ1v) is 14.3. The zero-order valence-corrected chi connectivity index (χ0v) is 24.1. The van der Waals surface area contributed by atoms with E-state index < -0.39 is 13.9 Å². The lowest BCUT2D eigenvalue weighted by molar-refractivity contribution is 0.0602.